The molecule has 1 aliphatic heterocycles. The molecule has 192 valence electrons. The van der Waals surface area contributed by atoms with Gasteiger partial charge in [-0.25, -0.2) is 18.7 Å². The highest BCUT2D eigenvalue weighted by molar-refractivity contribution is 6.30. The van der Waals surface area contributed by atoms with E-state index < -0.39 is 29.5 Å². The molecule has 37 heavy (non-hydrogen) atoms. The number of anilines is 1. The lowest BCUT2D eigenvalue weighted by atomic mass is 10.1. The van der Waals surface area contributed by atoms with Gasteiger partial charge in [-0.1, -0.05) is 16.8 Å². The van der Waals surface area contributed by atoms with E-state index in [1.165, 1.54) is 45.9 Å². The zero-order valence-electron chi connectivity index (χ0n) is 19.0. The number of halogens is 5. The smallest absolute Gasteiger partial charge is 0.451 e. The standard InChI is InChI=1S/C22H17ClF4N8O2/c1-33-17(20(31-32-33)15-3-2-12(23)6-16(15)24)11-35-19(36)7-13(8-29-35)34-9-14(10-34)37-18-4-5-28-21(30-18)22(25,26)27/h2-8,14H,9-11H2,1H3. The van der Waals surface area contributed by atoms with E-state index in [0.717, 1.165) is 6.20 Å². The van der Waals surface area contributed by atoms with Crippen molar-refractivity contribution in [3.63, 3.8) is 0 Å². The second-order valence-electron chi connectivity index (χ2n) is 8.20. The van der Waals surface area contributed by atoms with Crippen molar-refractivity contribution < 1.29 is 22.3 Å². The lowest BCUT2D eigenvalue weighted by Crippen LogP contribution is -2.54. The first-order chi connectivity index (χ1) is 17.6. The molecule has 0 amide bonds. The van der Waals surface area contributed by atoms with E-state index in [-0.39, 0.29) is 28.7 Å². The molecule has 0 aliphatic carbocycles. The van der Waals surface area contributed by atoms with E-state index in [2.05, 4.69) is 25.4 Å². The molecule has 0 radical (unpaired) electrons. The number of hydrogen-bond donors (Lipinski definition) is 0. The Balaban J connectivity index is 1.27. The fourth-order valence-corrected chi connectivity index (χ4v) is 3.90. The lowest BCUT2D eigenvalue weighted by Gasteiger charge is -2.40. The maximum atomic E-state index is 14.5. The van der Waals surface area contributed by atoms with Gasteiger partial charge in [0.05, 0.1) is 37.2 Å². The van der Waals surface area contributed by atoms with Crippen molar-refractivity contribution >= 4 is 17.3 Å². The second-order valence-corrected chi connectivity index (χ2v) is 8.64. The fourth-order valence-electron chi connectivity index (χ4n) is 3.74. The maximum absolute atomic E-state index is 14.5. The number of aromatic nitrogens is 7. The maximum Gasteiger partial charge on any atom is 0.451 e. The first-order valence-electron chi connectivity index (χ1n) is 10.8. The van der Waals surface area contributed by atoms with Crippen molar-refractivity contribution in [2.24, 2.45) is 7.05 Å². The number of ether oxygens (including phenoxy) is 1. The van der Waals surface area contributed by atoms with Gasteiger partial charge in [-0.2, -0.15) is 23.3 Å². The number of nitrogens with zero attached hydrogens (tertiary/aromatic N) is 8. The minimum absolute atomic E-state index is 0.0129. The molecule has 3 aromatic heterocycles. The Labute approximate surface area is 211 Å². The van der Waals surface area contributed by atoms with Gasteiger partial charge in [0.25, 0.3) is 5.56 Å². The molecule has 1 fully saturated rings. The highest BCUT2D eigenvalue weighted by Gasteiger charge is 2.36. The summed E-state index contributed by atoms with van der Waals surface area (Å²) in [4.78, 5) is 21.1. The molecular weight excluding hydrogens is 520 g/mol. The van der Waals surface area contributed by atoms with Crippen LogP contribution in [-0.4, -0.2) is 53.9 Å². The van der Waals surface area contributed by atoms with Crippen LogP contribution in [0.3, 0.4) is 0 Å². The quantitative estimate of drug-likeness (QED) is 0.347. The van der Waals surface area contributed by atoms with Crippen molar-refractivity contribution in [1.82, 2.24) is 34.7 Å². The van der Waals surface area contributed by atoms with Crippen LogP contribution in [0.15, 0.2) is 47.5 Å². The molecule has 0 saturated carbocycles. The topological polar surface area (TPSA) is 104 Å². The summed E-state index contributed by atoms with van der Waals surface area (Å²) in [6, 6.07) is 6.80. The predicted octanol–water partition coefficient (Wildman–Crippen LogP) is 2.96. The van der Waals surface area contributed by atoms with E-state index in [9.17, 15) is 22.4 Å². The van der Waals surface area contributed by atoms with Crippen LogP contribution in [0.5, 0.6) is 5.88 Å². The van der Waals surface area contributed by atoms with Crippen molar-refractivity contribution in [2.45, 2.75) is 18.8 Å². The largest absolute Gasteiger partial charge is 0.470 e. The Morgan fingerprint density at radius 1 is 1.19 bits per heavy atom. The molecule has 0 unspecified atom stereocenters. The second kappa shape index (κ2) is 9.42. The van der Waals surface area contributed by atoms with Gasteiger partial charge < -0.3 is 9.64 Å². The van der Waals surface area contributed by atoms with Crippen molar-refractivity contribution in [2.75, 3.05) is 18.0 Å². The van der Waals surface area contributed by atoms with Crippen LogP contribution in [0.2, 0.25) is 5.02 Å². The first-order valence-corrected chi connectivity index (χ1v) is 11.2. The molecule has 0 bridgehead atoms. The number of aryl methyl sites for hydroxylation is 1. The molecule has 10 nitrogen and oxygen atoms in total. The van der Waals surface area contributed by atoms with Crippen molar-refractivity contribution in [3.8, 4) is 17.1 Å². The van der Waals surface area contributed by atoms with E-state index >= 15 is 0 Å². The molecule has 5 rings (SSSR count). The summed E-state index contributed by atoms with van der Waals surface area (Å²) in [5.74, 6) is -2.03. The number of benzene rings is 1. The van der Waals surface area contributed by atoms with Gasteiger partial charge in [0.1, 0.15) is 17.6 Å². The number of hydrogen-bond acceptors (Lipinski definition) is 8. The van der Waals surface area contributed by atoms with Crippen LogP contribution in [0.1, 0.15) is 11.5 Å². The number of rotatable bonds is 6. The predicted molar refractivity (Wildman–Crippen MR) is 123 cm³/mol. The zero-order chi connectivity index (χ0) is 26.3. The summed E-state index contributed by atoms with van der Waals surface area (Å²) in [5, 5.41) is 12.4. The molecule has 4 aromatic rings. The molecule has 1 aromatic carbocycles. The summed E-state index contributed by atoms with van der Waals surface area (Å²) in [6.45, 7) is 0.630. The van der Waals surface area contributed by atoms with Crippen LogP contribution >= 0.6 is 11.6 Å². The summed E-state index contributed by atoms with van der Waals surface area (Å²) in [7, 11) is 1.62. The highest BCUT2D eigenvalue weighted by Crippen LogP contribution is 2.29. The van der Waals surface area contributed by atoms with Crippen LogP contribution in [0, 0.1) is 5.82 Å². The molecule has 15 heteroatoms. The van der Waals surface area contributed by atoms with Gasteiger partial charge in [-0.3, -0.25) is 4.79 Å². The van der Waals surface area contributed by atoms with E-state index in [1.807, 2.05) is 0 Å². The van der Waals surface area contributed by atoms with Crippen molar-refractivity contribution in [1.29, 1.82) is 0 Å². The third-order valence-electron chi connectivity index (χ3n) is 5.67. The Kier molecular flexibility index (Phi) is 6.27. The third-order valence-corrected chi connectivity index (χ3v) is 5.90. The van der Waals surface area contributed by atoms with Gasteiger partial charge >= 0.3 is 6.18 Å². The van der Waals surface area contributed by atoms with Crippen molar-refractivity contribution in [3.05, 3.63) is 75.4 Å². The zero-order valence-corrected chi connectivity index (χ0v) is 19.8. The monoisotopic (exact) mass is 536 g/mol. The average Bonchev–Trinajstić information content (AvgIpc) is 3.17. The van der Waals surface area contributed by atoms with Gasteiger partial charge in [0, 0.05) is 36.0 Å². The summed E-state index contributed by atoms with van der Waals surface area (Å²) in [6.07, 6.45) is -2.63. The first kappa shape index (κ1) is 24.6. The van der Waals surface area contributed by atoms with Gasteiger partial charge in [-0.15, -0.1) is 5.10 Å². The molecule has 1 saturated heterocycles. The van der Waals surface area contributed by atoms with E-state index in [0.29, 0.717) is 24.5 Å². The lowest BCUT2D eigenvalue weighted by molar-refractivity contribution is -0.145. The molecule has 0 spiro atoms. The molecule has 1 aliphatic rings. The third kappa shape index (κ3) is 5.09. The Morgan fingerprint density at radius 2 is 1.97 bits per heavy atom. The molecule has 0 N–H and O–H groups in total. The highest BCUT2D eigenvalue weighted by atomic mass is 35.5. The molecule has 0 atom stereocenters. The van der Waals surface area contributed by atoms with E-state index in [4.69, 9.17) is 16.3 Å². The SMILES string of the molecule is Cn1nnc(-c2ccc(Cl)cc2F)c1Cn1ncc(N2CC(Oc3ccnc(C(F)(F)F)n3)C2)cc1=O. The van der Waals surface area contributed by atoms with Gasteiger partial charge in [-0.05, 0) is 18.2 Å². The Morgan fingerprint density at radius 3 is 2.68 bits per heavy atom. The summed E-state index contributed by atoms with van der Waals surface area (Å²) in [5.41, 5.74) is 1.01. The molecule has 4 heterocycles. The fraction of sp³-hybridized carbons (Fsp3) is 0.273. The molecular formula is C22H17ClF4N8O2. The van der Waals surface area contributed by atoms with Crippen LogP contribution < -0.4 is 15.2 Å². The Bertz CT molecular complexity index is 1520. The minimum atomic E-state index is -4.67. The van der Waals surface area contributed by atoms with Gasteiger partial charge in [0.15, 0.2) is 0 Å². The van der Waals surface area contributed by atoms with E-state index in [1.54, 1.807) is 11.9 Å². The number of alkyl halides is 3. The normalized spacial score (nSPS) is 14.1. The summed E-state index contributed by atoms with van der Waals surface area (Å²) < 4.78 is 60.9. The van der Waals surface area contributed by atoms with Crippen LogP contribution in [0.25, 0.3) is 11.3 Å². The Hall–Kier alpha value is -4.07. The van der Waals surface area contributed by atoms with Gasteiger partial charge in [0.2, 0.25) is 11.7 Å². The average molecular weight is 537 g/mol. The minimum Gasteiger partial charge on any atom is -0.470 e. The van der Waals surface area contributed by atoms with Crippen LogP contribution in [-0.2, 0) is 19.8 Å². The van der Waals surface area contributed by atoms with Crippen LogP contribution in [0.4, 0.5) is 23.2 Å². The summed E-state index contributed by atoms with van der Waals surface area (Å²) >= 11 is 5.83.